The number of rotatable bonds is 8. The molecule has 1 aliphatic carbocycles. The summed E-state index contributed by atoms with van der Waals surface area (Å²) in [5.41, 5.74) is 3.90. The van der Waals surface area contributed by atoms with Crippen LogP contribution in [0.4, 0.5) is 15.3 Å². The van der Waals surface area contributed by atoms with E-state index in [1.54, 1.807) is 6.92 Å². The maximum Gasteiger partial charge on any atom is 0.345 e. The van der Waals surface area contributed by atoms with E-state index < -0.39 is 30.2 Å². The molecular formula is C28H35N5O4. The largest absolute Gasteiger partial charge is 0.469 e. The molecule has 9 heteroatoms. The number of hydrogen-bond donors (Lipinski definition) is 2. The van der Waals surface area contributed by atoms with E-state index in [0.29, 0.717) is 5.92 Å². The summed E-state index contributed by atoms with van der Waals surface area (Å²) < 4.78 is 4.78. The second kappa shape index (κ2) is 11.5. The summed E-state index contributed by atoms with van der Waals surface area (Å²) in [7, 11) is 1.27. The lowest BCUT2D eigenvalue weighted by Gasteiger charge is -2.45. The van der Waals surface area contributed by atoms with Gasteiger partial charge in [-0.05, 0) is 49.4 Å². The van der Waals surface area contributed by atoms with Crippen LogP contribution >= 0.6 is 0 Å². The fourth-order valence-corrected chi connectivity index (χ4v) is 4.73. The molecule has 4 rings (SSSR count). The van der Waals surface area contributed by atoms with Gasteiger partial charge in [-0.1, -0.05) is 61.0 Å². The second-order valence-electron chi connectivity index (χ2n) is 9.73. The van der Waals surface area contributed by atoms with Crippen molar-refractivity contribution in [3.8, 4) is 0 Å². The average Bonchev–Trinajstić information content (AvgIpc) is 2.92. The van der Waals surface area contributed by atoms with E-state index in [-0.39, 0.29) is 13.1 Å². The molecule has 0 spiro atoms. The lowest BCUT2D eigenvalue weighted by Crippen LogP contribution is -2.70. The van der Waals surface area contributed by atoms with Crippen LogP contribution in [0.2, 0.25) is 0 Å². The number of aryl methyl sites for hydroxylation is 1. The van der Waals surface area contributed by atoms with Gasteiger partial charge in [-0.25, -0.2) is 25.3 Å². The zero-order valence-corrected chi connectivity index (χ0v) is 21.6. The molecule has 37 heavy (non-hydrogen) atoms. The first-order chi connectivity index (χ1) is 17.8. The number of imide groups is 1. The Balaban J connectivity index is 1.63. The molecule has 1 aliphatic heterocycles. The van der Waals surface area contributed by atoms with Crippen LogP contribution < -0.4 is 11.2 Å². The molecule has 3 atom stereocenters. The Bertz CT molecular complexity index is 1170. The molecule has 4 amide bonds. The topological polar surface area (TPSA) is 108 Å². The second-order valence-corrected chi connectivity index (χ2v) is 9.73. The van der Waals surface area contributed by atoms with Crippen molar-refractivity contribution < 1.29 is 19.1 Å². The number of anilines is 1. The highest BCUT2D eigenvalue weighted by molar-refractivity contribution is 5.96. The van der Waals surface area contributed by atoms with Gasteiger partial charge in [0.2, 0.25) is 6.29 Å². The van der Waals surface area contributed by atoms with Gasteiger partial charge in [-0.2, -0.15) is 0 Å². The van der Waals surface area contributed by atoms with Crippen LogP contribution in [0.3, 0.4) is 0 Å². The molecule has 0 radical (unpaired) electrons. The molecule has 9 nitrogen and oxygen atoms in total. The number of esters is 1. The van der Waals surface area contributed by atoms with Crippen molar-refractivity contribution >= 4 is 23.7 Å². The number of hydrogen-bond acceptors (Lipinski definition) is 6. The Hall–Kier alpha value is -3.85. The van der Waals surface area contributed by atoms with Crippen molar-refractivity contribution in [2.75, 3.05) is 19.0 Å². The molecule has 2 aliphatic rings. The first-order valence-electron chi connectivity index (χ1n) is 12.6. The summed E-state index contributed by atoms with van der Waals surface area (Å²) in [6, 6.07) is 14.6. The Morgan fingerprint density at radius 2 is 1.92 bits per heavy atom. The molecule has 0 bridgehead atoms. The molecule has 0 saturated carbocycles. The minimum absolute atomic E-state index is 0.140. The van der Waals surface area contributed by atoms with Gasteiger partial charge in [-0.15, -0.1) is 0 Å². The van der Waals surface area contributed by atoms with E-state index in [2.05, 4.69) is 23.5 Å². The summed E-state index contributed by atoms with van der Waals surface area (Å²) in [5, 5.41) is 4.31. The first-order valence-corrected chi connectivity index (χ1v) is 12.6. The van der Waals surface area contributed by atoms with Gasteiger partial charge in [0, 0.05) is 18.2 Å². The molecule has 0 aromatic heterocycles. The Morgan fingerprint density at radius 3 is 2.59 bits per heavy atom. The molecule has 1 heterocycles. The minimum atomic E-state index is -0.928. The number of urea groups is 2. The van der Waals surface area contributed by atoms with E-state index in [0.717, 1.165) is 51.5 Å². The third-order valence-corrected chi connectivity index (χ3v) is 6.89. The lowest BCUT2D eigenvalue weighted by molar-refractivity contribution is -0.145. The number of nitrogens with two attached hydrogens (primary N) is 1. The number of methoxy groups -OCH3 is 1. The van der Waals surface area contributed by atoms with Crippen molar-refractivity contribution in [2.45, 2.75) is 51.9 Å². The van der Waals surface area contributed by atoms with Gasteiger partial charge in [0.15, 0.2) is 0 Å². The molecule has 1 fully saturated rings. The van der Waals surface area contributed by atoms with Crippen LogP contribution in [0.15, 0.2) is 60.7 Å². The number of amides is 4. The van der Waals surface area contributed by atoms with Crippen molar-refractivity contribution in [3.05, 3.63) is 77.4 Å². The number of hydrazine groups is 1. The highest BCUT2D eigenvalue weighted by Crippen LogP contribution is 2.30. The van der Waals surface area contributed by atoms with Gasteiger partial charge < -0.3 is 10.1 Å². The fourth-order valence-electron chi connectivity index (χ4n) is 4.73. The molecule has 3 N–H and O–H groups in total. The predicted octanol–water partition coefficient (Wildman–Crippen LogP) is 4.56. The van der Waals surface area contributed by atoms with Gasteiger partial charge in [0.1, 0.15) is 0 Å². The van der Waals surface area contributed by atoms with Crippen LogP contribution in [0.25, 0.3) is 0 Å². The normalized spacial score (nSPS) is 20.7. The number of carbonyl (C=O) groups excluding carboxylic acids is 3. The Kier molecular flexibility index (Phi) is 8.13. The van der Waals surface area contributed by atoms with E-state index in [1.807, 2.05) is 49.4 Å². The molecular weight excluding hydrogens is 470 g/mol. The van der Waals surface area contributed by atoms with Gasteiger partial charge in [0.05, 0.1) is 19.6 Å². The number of nitrogens with zero attached hydrogens (tertiary/aromatic N) is 3. The number of nitrogens with one attached hydrogen (secondary N) is 1. The summed E-state index contributed by atoms with van der Waals surface area (Å²) in [6.07, 6.45) is 6.84. The standard InChI is InChI=1S/C28H35N5O4/c1-19-12-14-21(15-13-19)18-31-26(30-24-11-7-10-23(16-24)22-8-5-4-6-9-22)33(29)28(36)32(27(31)35)17-20(2)25(34)37-3/h5,7-8,10-16,20,22,26,30H,4,6,9,17-18,29H2,1-3H3/t20-,22?,26?/m0/s1. The van der Waals surface area contributed by atoms with E-state index in [1.165, 1.54) is 12.0 Å². The minimum Gasteiger partial charge on any atom is -0.469 e. The maximum absolute atomic E-state index is 13.7. The van der Waals surface area contributed by atoms with Crippen LogP contribution in [-0.2, 0) is 16.1 Å². The molecule has 2 aromatic carbocycles. The summed E-state index contributed by atoms with van der Waals surface area (Å²) in [4.78, 5) is 41.4. The number of benzene rings is 2. The Morgan fingerprint density at radius 1 is 1.16 bits per heavy atom. The van der Waals surface area contributed by atoms with Crippen molar-refractivity contribution in [3.63, 3.8) is 0 Å². The summed E-state index contributed by atoms with van der Waals surface area (Å²) in [6.45, 7) is 3.67. The van der Waals surface area contributed by atoms with E-state index >= 15 is 0 Å². The number of ether oxygens (including phenoxy) is 1. The van der Waals surface area contributed by atoms with Crippen LogP contribution in [0, 0.1) is 12.8 Å². The molecule has 2 unspecified atom stereocenters. The number of allylic oxidation sites excluding steroid dienone is 2. The fraction of sp³-hybridized carbons (Fsp3) is 0.393. The zero-order valence-electron chi connectivity index (χ0n) is 21.6. The molecule has 1 saturated heterocycles. The maximum atomic E-state index is 13.7. The SMILES string of the molecule is COC(=O)[C@@H](C)CN1C(=O)N(N)C(Nc2cccc(C3C=CCCC3)c2)N(Cc2ccc(C)cc2)C1=O. The third-order valence-electron chi connectivity index (χ3n) is 6.89. The van der Waals surface area contributed by atoms with Crippen molar-refractivity contribution in [1.29, 1.82) is 0 Å². The quantitative estimate of drug-likeness (QED) is 0.236. The van der Waals surface area contributed by atoms with Crippen LogP contribution in [0.1, 0.15) is 48.8 Å². The number of carbonyl (C=O) groups is 3. The van der Waals surface area contributed by atoms with Crippen molar-refractivity contribution in [1.82, 2.24) is 14.8 Å². The van der Waals surface area contributed by atoms with E-state index in [4.69, 9.17) is 10.6 Å². The Labute approximate surface area is 217 Å². The third kappa shape index (κ3) is 5.94. The van der Waals surface area contributed by atoms with Crippen LogP contribution in [-0.4, -0.2) is 52.8 Å². The predicted molar refractivity (Wildman–Crippen MR) is 141 cm³/mol. The average molecular weight is 506 g/mol. The molecule has 2 aromatic rings. The highest BCUT2D eigenvalue weighted by atomic mass is 16.5. The highest BCUT2D eigenvalue weighted by Gasteiger charge is 2.44. The van der Waals surface area contributed by atoms with Crippen molar-refractivity contribution in [2.24, 2.45) is 11.8 Å². The van der Waals surface area contributed by atoms with E-state index in [9.17, 15) is 14.4 Å². The monoisotopic (exact) mass is 505 g/mol. The molecule has 196 valence electrons. The van der Waals surface area contributed by atoms with Crippen LogP contribution in [0.5, 0.6) is 0 Å². The zero-order chi connectivity index (χ0) is 26.5. The van der Waals surface area contributed by atoms with Gasteiger partial charge in [-0.3, -0.25) is 9.69 Å². The smallest absolute Gasteiger partial charge is 0.345 e. The lowest BCUT2D eigenvalue weighted by atomic mass is 9.89. The van der Waals surface area contributed by atoms with Gasteiger partial charge in [0.25, 0.3) is 0 Å². The van der Waals surface area contributed by atoms with Gasteiger partial charge >= 0.3 is 18.0 Å². The summed E-state index contributed by atoms with van der Waals surface area (Å²) >= 11 is 0. The first kappa shape index (κ1) is 26.2. The summed E-state index contributed by atoms with van der Waals surface area (Å²) in [5.74, 6) is 5.44.